The molecular weight excluding hydrogens is 233 g/mol. The third kappa shape index (κ3) is 3.43. The molecule has 5 heteroatoms. The molecule has 1 aliphatic carbocycles. The van der Waals surface area contributed by atoms with E-state index in [2.05, 4.69) is 5.32 Å². The van der Waals surface area contributed by atoms with Gasteiger partial charge in [-0.25, -0.2) is 9.18 Å². The fraction of sp³-hybridized carbons (Fsp3) is 0.462. The van der Waals surface area contributed by atoms with Crippen LogP contribution in [0.15, 0.2) is 24.3 Å². The summed E-state index contributed by atoms with van der Waals surface area (Å²) < 4.78 is 12.9. The molecule has 3 N–H and O–H groups in total. The SMILES string of the molecule is NCCCN(C(=O)NC1CC1)c1ccc(F)cc1. The first-order chi connectivity index (χ1) is 8.70. The van der Waals surface area contributed by atoms with Crippen molar-refractivity contribution in [2.24, 2.45) is 5.73 Å². The van der Waals surface area contributed by atoms with Crippen molar-refractivity contribution in [2.45, 2.75) is 25.3 Å². The lowest BCUT2D eigenvalue weighted by molar-refractivity contribution is 0.246. The van der Waals surface area contributed by atoms with Crippen molar-refractivity contribution in [1.29, 1.82) is 0 Å². The zero-order valence-electron chi connectivity index (χ0n) is 10.2. The van der Waals surface area contributed by atoms with Crippen LogP contribution >= 0.6 is 0 Å². The molecule has 0 aliphatic heterocycles. The highest BCUT2D eigenvalue weighted by Crippen LogP contribution is 2.21. The van der Waals surface area contributed by atoms with Gasteiger partial charge in [-0.15, -0.1) is 0 Å². The Bertz CT molecular complexity index is 403. The van der Waals surface area contributed by atoms with Crippen LogP contribution < -0.4 is 16.0 Å². The lowest BCUT2D eigenvalue weighted by Crippen LogP contribution is -2.42. The van der Waals surface area contributed by atoms with Crippen molar-refractivity contribution < 1.29 is 9.18 Å². The first kappa shape index (κ1) is 12.8. The number of nitrogens with one attached hydrogen (secondary N) is 1. The van der Waals surface area contributed by atoms with E-state index in [0.717, 1.165) is 19.3 Å². The summed E-state index contributed by atoms with van der Waals surface area (Å²) >= 11 is 0. The van der Waals surface area contributed by atoms with Gasteiger partial charge >= 0.3 is 6.03 Å². The first-order valence-corrected chi connectivity index (χ1v) is 6.24. The molecule has 1 saturated carbocycles. The highest BCUT2D eigenvalue weighted by atomic mass is 19.1. The number of carbonyl (C=O) groups is 1. The van der Waals surface area contributed by atoms with Gasteiger partial charge in [0.1, 0.15) is 5.82 Å². The summed E-state index contributed by atoms with van der Waals surface area (Å²) in [5.74, 6) is -0.305. The predicted molar refractivity (Wildman–Crippen MR) is 69.0 cm³/mol. The largest absolute Gasteiger partial charge is 0.335 e. The molecule has 0 heterocycles. The van der Waals surface area contributed by atoms with E-state index in [9.17, 15) is 9.18 Å². The molecular formula is C13H18FN3O. The van der Waals surface area contributed by atoms with E-state index < -0.39 is 0 Å². The monoisotopic (exact) mass is 251 g/mol. The molecule has 1 fully saturated rings. The summed E-state index contributed by atoms with van der Waals surface area (Å²) in [6, 6.07) is 6.11. The number of nitrogens with two attached hydrogens (primary N) is 1. The summed E-state index contributed by atoms with van der Waals surface area (Å²) in [6.07, 6.45) is 2.80. The molecule has 1 aromatic carbocycles. The Balaban J connectivity index is 2.07. The number of anilines is 1. The molecule has 4 nitrogen and oxygen atoms in total. The molecule has 0 unspecified atom stereocenters. The summed E-state index contributed by atoms with van der Waals surface area (Å²) in [6.45, 7) is 1.06. The van der Waals surface area contributed by atoms with Crippen LogP contribution in [0, 0.1) is 5.82 Å². The molecule has 1 aliphatic rings. The first-order valence-electron chi connectivity index (χ1n) is 6.24. The maximum Gasteiger partial charge on any atom is 0.322 e. The number of hydrogen-bond acceptors (Lipinski definition) is 2. The standard InChI is InChI=1S/C13H18FN3O/c14-10-2-6-12(7-3-10)17(9-1-8-15)13(18)16-11-4-5-11/h2-3,6-7,11H,1,4-5,8-9,15H2,(H,16,18). The van der Waals surface area contributed by atoms with Crippen molar-refractivity contribution in [2.75, 3.05) is 18.0 Å². The summed E-state index contributed by atoms with van der Waals surface area (Å²) in [5, 5.41) is 2.93. The van der Waals surface area contributed by atoms with Gasteiger partial charge in [0.2, 0.25) is 0 Å². The quantitative estimate of drug-likeness (QED) is 0.839. The maximum absolute atomic E-state index is 12.9. The van der Waals surface area contributed by atoms with Crippen LogP contribution in [0.2, 0.25) is 0 Å². The molecule has 1 aromatic rings. The average molecular weight is 251 g/mol. The van der Waals surface area contributed by atoms with Gasteiger partial charge in [0.25, 0.3) is 0 Å². The lowest BCUT2D eigenvalue weighted by atomic mass is 10.2. The van der Waals surface area contributed by atoms with Gasteiger partial charge in [-0.2, -0.15) is 0 Å². The molecule has 0 atom stereocenters. The molecule has 0 aromatic heterocycles. The van der Waals surface area contributed by atoms with Crippen LogP contribution in [-0.4, -0.2) is 25.2 Å². The van der Waals surface area contributed by atoms with E-state index in [-0.39, 0.29) is 11.8 Å². The molecule has 2 amide bonds. The second-order valence-electron chi connectivity index (χ2n) is 4.49. The van der Waals surface area contributed by atoms with Crippen molar-refractivity contribution in [3.05, 3.63) is 30.1 Å². The molecule has 0 spiro atoms. The molecule has 18 heavy (non-hydrogen) atoms. The number of benzene rings is 1. The van der Waals surface area contributed by atoms with E-state index in [0.29, 0.717) is 24.8 Å². The van der Waals surface area contributed by atoms with Crippen LogP contribution in [0.5, 0.6) is 0 Å². The second kappa shape index (κ2) is 5.82. The second-order valence-corrected chi connectivity index (χ2v) is 4.49. The number of amides is 2. The van der Waals surface area contributed by atoms with Gasteiger partial charge in [0, 0.05) is 18.3 Å². The van der Waals surface area contributed by atoms with Crippen molar-refractivity contribution in [1.82, 2.24) is 5.32 Å². The molecule has 98 valence electrons. The number of halogens is 1. The normalized spacial score (nSPS) is 14.3. The van der Waals surface area contributed by atoms with Crippen LogP contribution in [0.1, 0.15) is 19.3 Å². The molecule has 0 bridgehead atoms. The highest BCUT2D eigenvalue weighted by Gasteiger charge is 2.26. The Morgan fingerprint density at radius 1 is 1.39 bits per heavy atom. The van der Waals surface area contributed by atoms with E-state index in [4.69, 9.17) is 5.73 Å². The van der Waals surface area contributed by atoms with Crippen LogP contribution in [0.25, 0.3) is 0 Å². The lowest BCUT2D eigenvalue weighted by Gasteiger charge is -2.23. The summed E-state index contributed by atoms with van der Waals surface area (Å²) in [4.78, 5) is 13.7. The van der Waals surface area contributed by atoms with Crippen LogP contribution in [0.3, 0.4) is 0 Å². The smallest absolute Gasteiger partial charge is 0.322 e. The fourth-order valence-electron chi connectivity index (χ4n) is 1.70. The maximum atomic E-state index is 12.9. The van der Waals surface area contributed by atoms with E-state index >= 15 is 0 Å². The van der Waals surface area contributed by atoms with Gasteiger partial charge in [0.15, 0.2) is 0 Å². The molecule has 0 radical (unpaired) electrons. The van der Waals surface area contributed by atoms with Gasteiger partial charge in [-0.3, -0.25) is 4.90 Å². The fourth-order valence-corrected chi connectivity index (χ4v) is 1.70. The third-order valence-electron chi connectivity index (χ3n) is 2.87. The highest BCUT2D eigenvalue weighted by molar-refractivity contribution is 5.92. The van der Waals surface area contributed by atoms with E-state index in [1.165, 1.54) is 12.1 Å². The number of hydrogen-bond donors (Lipinski definition) is 2. The van der Waals surface area contributed by atoms with Crippen molar-refractivity contribution in [3.8, 4) is 0 Å². The number of nitrogens with zero attached hydrogens (tertiary/aromatic N) is 1. The van der Waals surface area contributed by atoms with Gasteiger partial charge in [-0.05, 0) is 50.1 Å². The number of urea groups is 1. The van der Waals surface area contributed by atoms with E-state index in [1.54, 1.807) is 17.0 Å². The average Bonchev–Trinajstić information content (AvgIpc) is 3.16. The minimum atomic E-state index is -0.305. The van der Waals surface area contributed by atoms with Crippen LogP contribution in [-0.2, 0) is 0 Å². The summed E-state index contributed by atoms with van der Waals surface area (Å²) in [7, 11) is 0. The van der Waals surface area contributed by atoms with Crippen molar-refractivity contribution in [3.63, 3.8) is 0 Å². The minimum Gasteiger partial charge on any atom is -0.335 e. The zero-order valence-corrected chi connectivity index (χ0v) is 10.2. The minimum absolute atomic E-state index is 0.127. The Morgan fingerprint density at radius 2 is 2.06 bits per heavy atom. The van der Waals surface area contributed by atoms with Crippen molar-refractivity contribution >= 4 is 11.7 Å². The Hall–Kier alpha value is -1.62. The summed E-state index contributed by atoms with van der Waals surface area (Å²) in [5.41, 5.74) is 6.17. The Labute approximate surface area is 106 Å². The Morgan fingerprint density at radius 3 is 2.61 bits per heavy atom. The third-order valence-corrected chi connectivity index (χ3v) is 2.87. The predicted octanol–water partition coefficient (Wildman–Crippen LogP) is 1.85. The molecule has 2 rings (SSSR count). The Kier molecular flexibility index (Phi) is 4.15. The number of carbonyl (C=O) groups excluding carboxylic acids is 1. The topological polar surface area (TPSA) is 58.4 Å². The number of rotatable bonds is 5. The van der Waals surface area contributed by atoms with Gasteiger partial charge in [0.05, 0.1) is 0 Å². The molecule has 0 saturated heterocycles. The van der Waals surface area contributed by atoms with Gasteiger partial charge < -0.3 is 11.1 Å². The van der Waals surface area contributed by atoms with Crippen LogP contribution in [0.4, 0.5) is 14.9 Å². The van der Waals surface area contributed by atoms with Gasteiger partial charge in [-0.1, -0.05) is 0 Å². The zero-order chi connectivity index (χ0) is 13.0. The van der Waals surface area contributed by atoms with E-state index in [1.807, 2.05) is 0 Å².